The first kappa shape index (κ1) is 11.5. The molecule has 7 heteroatoms. The minimum atomic E-state index is -1.76. The molecule has 0 aromatic carbocycles. The van der Waals surface area contributed by atoms with E-state index < -0.39 is 35.0 Å². The van der Waals surface area contributed by atoms with E-state index in [-0.39, 0.29) is 0 Å². The van der Waals surface area contributed by atoms with Crippen LogP contribution in [0.15, 0.2) is 0 Å². The number of hydrogen-bond donors (Lipinski definition) is 1. The minimum Gasteiger partial charge on any atom is -0.475 e. The number of rotatable bonds is 5. The Labute approximate surface area is 83.9 Å². The number of Topliss-reactive ketones (excluding diaryl/α,β-unsaturated/α-hetero) is 3. The molecule has 1 aliphatic rings. The van der Waals surface area contributed by atoms with Crippen LogP contribution in [0.1, 0.15) is 13.8 Å². The molecule has 1 atom stereocenters. The summed E-state index contributed by atoms with van der Waals surface area (Å²) in [4.78, 5) is 52.2. The highest BCUT2D eigenvalue weighted by atomic mass is 17.4. The molecular weight excluding hydrogens is 208 g/mol. The van der Waals surface area contributed by atoms with Gasteiger partial charge in [-0.2, -0.15) is 9.78 Å². The average molecular weight is 216 g/mol. The predicted molar refractivity (Wildman–Crippen MR) is 42.4 cm³/mol. The van der Waals surface area contributed by atoms with Crippen molar-refractivity contribution >= 4 is 23.3 Å². The number of carbonyl (C=O) groups excluding carboxylic acids is 3. The molecule has 1 fully saturated rings. The zero-order chi connectivity index (χ0) is 11.8. The first-order chi connectivity index (χ1) is 6.79. The topological polar surface area (TPSA) is 114 Å². The second-order valence-corrected chi connectivity index (χ2v) is 3.20. The Hall–Kier alpha value is -1.60. The lowest BCUT2D eigenvalue weighted by atomic mass is 9.95. The second kappa shape index (κ2) is 3.52. The predicted octanol–water partition coefficient (Wildman–Crippen LogP) is -0.908. The molecular formula is C8H8O7. The summed E-state index contributed by atoms with van der Waals surface area (Å²) in [6.45, 7) is 2.24. The lowest BCUT2D eigenvalue weighted by Gasteiger charge is -2.05. The van der Waals surface area contributed by atoms with E-state index in [0.717, 1.165) is 6.92 Å². The lowest BCUT2D eigenvalue weighted by Crippen LogP contribution is -2.38. The summed E-state index contributed by atoms with van der Waals surface area (Å²) in [6.07, 6.45) is 0. The van der Waals surface area contributed by atoms with Crippen molar-refractivity contribution in [3.05, 3.63) is 0 Å². The van der Waals surface area contributed by atoms with E-state index in [2.05, 4.69) is 9.78 Å². The Balaban J connectivity index is 2.73. The normalized spacial score (nSPS) is 19.1. The van der Waals surface area contributed by atoms with Crippen molar-refractivity contribution in [3.8, 4) is 0 Å². The number of hydrogen-bond acceptors (Lipinski definition) is 6. The first-order valence-electron chi connectivity index (χ1n) is 4.02. The van der Waals surface area contributed by atoms with E-state index in [1.807, 2.05) is 0 Å². The number of ketones is 3. The van der Waals surface area contributed by atoms with Gasteiger partial charge in [-0.1, -0.05) is 0 Å². The van der Waals surface area contributed by atoms with E-state index in [1.165, 1.54) is 6.92 Å². The highest BCUT2D eigenvalue weighted by Crippen LogP contribution is 2.30. The van der Waals surface area contributed by atoms with Crippen molar-refractivity contribution in [1.29, 1.82) is 0 Å². The van der Waals surface area contributed by atoms with Gasteiger partial charge < -0.3 is 5.11 Å². The fraction of sp³-hybridized carbons (Fsp3) is 0.500. The van der Waals surface area contributed by atoms with E-state index in [0.29, 0.717) is 0 Å². The highest BCUT2D eigenvalue weighted by molar-refractivity contribution is 6.49. The number of aliphatic carboxylic acids is 1. The van der Waals surface area contributed by atoms with Crippen molar-refractivity contribution in [2.75, 3.05) is 0 Å². The molecule has 0 spiro atoms. The quantitative estimate of drug-likeness (QED) is 0.274. The number of carboxylic acid groups (broad SMARTS) is 1. The van der Waals surface area contributed by atoms with Crippen LogP contribution in [0.4, 0.5) is 0 Å². The van der Waals surface area contributed by atoms with Gasteiger partial charge in [0.05, 0.1) is 5.92 Å². The molecule has 0 aliphatic carbocycles. The molecule has 1 aliphatic heterocycles. The summed E-state index contributed by atoms with van der Waals surface area (Å²) in [5.74, 6) is -8.47. The fourth-order valence-electron chi connectivity index (χ4n) is 0.863. The zero-order valence-electron chi connectivity index (χ0n) is 7.97. The average Bonchev–Trinajstić information content (AvgIpc) is 2.93. The molecule has 0 amide bonds. The molecule has 0 bridgehead atoms. The molecule has 1 saturated heterocycles. The largest absolute Gasteiger partial charge is 0.475 e. The van der Waals surface area contributed by atoms with E-state index in [1.54, 1.807) is 0 Å². The van der Waals surface area contributed by atoms with Gasteiger partial charge in [-0.3, -0.25) is 14.4 Å². The summed E-state index contributed by atoms with van der Waals surface area (Å²) in [7, 11) is 0. The van der Waals surface area contributed by atoms with E-state index >= 15 is 0 Å². The SMILES string of the molecule is CC(C(=O)C(=O)O)C(=O)C(=O)C1(C)OO1. The Morgan fingerprint density at radius 1 is 1.13 bits per heavy atom. The summed E-state index contributed by atoms with van der Waals surface area (Å²) in [5.41, 5.74) is 0. The van der Waals surface area contributed by atoms with Crippen LogP contribution in [-0.4, -0.2) is 34.2 Å². The molecule has 1 unspecified atom stereocenters. The van der Waals surface area contributed by atoms with Gasteiger partial charge in [0.1, 0.15) is 0 Å². The van der Waals surface area contributed by atoms with Crippen LogP contribution in [0.5, 0.6) is 0 Å². The van der Waals surface area contributed by atoms with Gasteiger partial charge in [-0.25, -0.2) is 4.79 Å². The molecule has 1 heterocycles. The molecule has 0 saturated carbocycles. The fourth-order valence-corrected chi connectivity index (χ4v) is 0.863. The van der Waals surface area contributed by atoms with Gasteiger partial charge in [0.25, 0.3) is 11.6 Å². The highest BCUT2D eigenvalue weighted by Gasteiger charge is 2.55. The second-order valence-electron chi connectivity index (χ2n) is 3.20. The van der Waals surface area contributed by atoms with E-state index in [4.69, 9.17) is 5.11 Å². The Morgan fingerprint density at radius 2 is 1.60 bits per heavy atom. The van der Waals surface area contributed by atoms with Crippen molar-refractivity contribution in [3.63, 3.8) is 0 Å². The van der Waals surface area contributed by atoms with E-state index in [9.17, 15) is 19.2 Å². The Morgan fingerprint density at radius 3 is 1.93 bits per heavy atom. The number of carbonyl (C=O) groups is 4. The molecule has 1 N–H and O–H groups in total. The van der Waals surface area contributed by atoms with Crippen LogP contribution in [0.25, 0.3) is 0 Å². The maximum absolute atomic E-state index is 11.3. The third kappa shape index (κ3) is 2.08. The van der Waals surface area contributed by atoms with Crippen molar-refractivity contribution in [1.82, 2.24) is 0 Å². The molecule has 1 rings (SSSR count). The summed E-state index contributed by atoms with van der Waals surface area (Å²) in [6, 6.07) is 0. The first-order valence-corrected chi connectivity index (χ1v) is 4.02. The molecule has 0 radical (unpaired) electrons. The van der Waals surface area contributed by atoms with Crippen LogP contribution < -0.4 is 0 Å². The van der Waals surface area contributed by atoms with Crippen LogP contribution in [0.2, 0.25) is 0 Å². The summed E-state index contributed by atoms with van der Waals surface area (Å²) in [5, 5.41) is 8.33. The Bertz CT molecular complexity index is 352. The third-order valence-electron chi connectivity index (χ3n) is 1.97. The molecule has 15 heavy (non-hydrogen) atoms. The zero-order valence-corrected chi connectivity index (χ0v) is 7.97. The van der Waals surface area contributed by atoms with Crippen LogP contribution in [-0.2, 0) is 29.0 Å². The van der Waals surface area contributed by atoms with Crippen LogP contribution in [0.3, 0.4) is 0 Å². The van der Waals surface area contributed by atoms with Gasteiger partial charge in [-0.15, -0.1) is 0 Å². The van der Waals surface area contributed by atoms with Gasteiger partial charge >= 0.3 is 5.97 Å². The standard InChI is InChI=1S/C8H8O7/c1-3(5(10)7(12)13)4(9)6(11)8(2)14-15-8/h3H,1-2H3,(H,12,13). The van der Waals surface area contributed by atoms with Crippen LogP contribution >= 0.6 is 0 Å². The Kier molecular flexibility index (Phi) is 2.69. The molecule has 7 nitrogen and oxygen atoms in total. The molecule has 0 aromatic rings. The van der Waals surface area contributed by atoms with Gasteiger partial charge in [0.15, 0.2) is 0 Å². The smallest absolute Gasteiger partial charge is 0.372 e. The van der Waals surface area contributed by atoms with Crippen molar-refractivity contribution in [2.24, 2.45) is 5.92 Å². The van der Waals surface area contributed by atoms with Crippen molar-refractivity contribution in [2.45, 2.75) is 19.6 Å². The monoisotopic (exact) mass is 216 g/mol. The van der Waals surface area contributed by atoms with Gasteiger partial charge in [-0.05, 0) is 6.92 Å². The number of carboxylic acids is 1. The van der Waals surface area contributed by atoms with Gasteiger partial charge in [0, 0.05) is 6.92 Å². The lowest BCUT2D eigenvalue weighted by molar-refractivity contribution is -0.154. The van der Waals surface area contributed by atoms with Gasteiger partial charge in [0.2, 0.25) is 11.6 Å². The van der Waals surface area contributed by atoms with Crippen molar-refractivity contribution < 1.29 is 34.1 Å². The summed E-state index contributed by atoms with van der Waals surface area (Å²) < 4.78 is 0. The summed E-state index contributed by atoms with van der Waals surface area (Å²) >= 11 is 0. The minimum absolute atomic E-state index is 1.04. The third-order valence-corrected chi connectivity index (χ3v) is 1.97. The van der Waals surface area contributed by atoms with Crippen LogP contribution in [0, 0.1) is 5.92 Å². The maximum atomic E-state index is 11.3. The molecule has 82 valence electrons. The maximum Gasteiger partial charge on any atom is 0.372 e. The molecule has 0 aromatic heterocycles.